The van der Waals surface area contributed by atoms with Gasteiger partial charge in [-0.25, -0.2) is 0 Å². The topological polar surface area (TPSA) is 80.9 Å². The molecule has 2 rings (SSSR count). The molecule has 0 saturated carbocycles. The predicted octanol–water partition coefficient (Wildman–Crippen LogP) is 0.865. The lowest BCUT2D eigenvalue weighted by molar-refractivity contribution is 0.0945. The van der Waals surface area contributed by atoms with Crippen LogP contribution in [0.3, 0.4) is 0 Å². The van der Waals surface area contributed by atoms with E-state index in [4.69, 9.17) is 5.73 Å². The average Bonchev–Trinajstić information content (AvgIpc) is 2.46. The normalized spacial score (nSPS) is 10.1. The van der Waals surface area contributed by atoms with Crippen LogP contribution in [0.5, 0.6) is 0 Å². The smallest absolute Gasteiger partial charge is 0.270 e. The molecule has 0 atom stereocenters. The molecule has 2 aromatic heterocycles. The molecule has 5 heteroatoms. The van der Waals surface area contributed by atoms with E-state index in [2.05, 4.69) is 15.3 Å². The van der Waals surface area contributed by atoms with E-state index in [0.29, 0.717) is 18.8 Å². The molecule has 0 saturated heterocycles. The Kier molecular flexibility index (Phi) is 3.98. The number of nitrogens with two attached hydrogens (primary N) is 1. The van der Waals surface area contributed by atoms with E-state index in [0.717, 1.165) is 11.3 Å². The van der Waals surface area contributed by atoms with Crippen molar-refractivity contribution >= 4 is 5.91 Å². The van der Waals surface area contributed by atoms with Crippen molar-refractivity contribution in [3.05, 3.63) is 59.7 Å². The third kappa shape index (κ3) is 3.11. The standard InChI is InChI=1S/C13H14N4O/c14-7-10-4-5-12(16-8-10)13(18)17-9-11-3-1-2-6-15-11/h1-6,8H,7,9,14H2,(H,17,18). The van der Waals surface area contributed by atoms with Gasteiger partial charge in [0.05, 0.1) is 12.2 Å². The van der Waals surface area contributed by atoms with Crippen LogP contribution in [0.15, 0.2) is 42.7 Å². The number of hydrogen-bond acceptors (Lipinski definition) is 4. The third-order valence-electron chi connectivity index (χ3n) is 2.45. The first kappa shape index (κ1) is 12.2. The van der Waals surface area contributed by atoms with E-state index in [1.54, 1.807) is 24.5 Å². The zero-order chi connectivity index (χ0) is 12.8. The van der Waals surface area contributed by atoms with Gasteiger partial charge < -0.3 is 11.1 Å². The minimum Gasteiger partial charge on any atom is -0.345 e. The van der Waals surface area contributed by atoms with Crippen molar-refractivity contribution < 1.29 is 4.79 Å². The number of aromatic nitrogens is 2. The van der Waals surface area contributed by atoms with Crippen LogP contribution in [0.4, 0.5) is 0 Å². The van der Waals surface area contributed by atoms with Crippen molar-refractivity contribution in [2.24, 2.45) is 5.73 Å². The fraction of sp³-hybridized carbons (Fsp3) is 0.154. The number of nitrogens with one attached hydrogen (secondary N) is 1. The lowest BCUT2D eigenvalue weighted by Gasteiger charge is -2.04. The zero-order valence-corrected chi connectivity index (χ0v) is 9.84. The van der Waals surface area contributed by atoms with Gasteiger partial charge in [-0.05, 0) is 23.8 Å². The van der Waals surface area contributed by atoms with E-state index in [9.17, 15) is 4.79 Å². The van der Waals surface area contributed by atoms with Gasteiger partial charge in [0, 0.05) is 18.9 Å². The summed E-state index contributed by atoms with van der Waals surface area (Å²) in [6.45, 7) is 0.808. The molecule has 2 heterocycles. The number of rotatable bonds is 4. The molecular formula is C13H14N4O. The van der Waals surface area contributed by atoms with Crippen LogP contribution >= 0.6 is 0 Å². The highest BCUT2D eigenvalue weighted by molar-refractivity contribution is 5.92. The summed E-state index contributed by atoms with van der Waals surface area (Å²) in [7, 11) is 0. The fourth-order valence-electron chi connectivity index (χ4n) is 1.44. The minimum absolute atomic E-state index is 0.218. The molecule has 0 bridgehead atoms. The monoisotopic (exact) mass is 242 g/mol. The van der Waals surface area contributed by atoms with Crippen LogP contribution in [0, 0.1) is 0 Å². The number of carbonyl (C=O) groups excluding carboxylic acids is 1. The Balaban J connectivity index is 1.95. The van der Waals surface area contributed by atoms with Crippen molar-refractivity contribution in [1.82, 2.24) is 15.3 Å². The van der Waals surface area contributed by atoms with Crippen LogP contribution < -0.4 is 11.1 Å². The van der Waals surface area contributed by atoms with Gasteiger partial charge in [-0.15, -0.1) is 0 Å². The first-order chi connectivity index (χ1) is 8.79. The summed E-state index contributed by atoms with van der Waals surface area (Å²) in [6.07, 6.45) is 3.30. The summed E-state index contributed by atoms with van der Waals surface area (Å²) in [5.74, 6) is -0.218. The molecule has 0 aromatic carbocycles. The summed E-state index contributed by atoms with van der Waals surface area (Å²) in [5, 5.41) is 2.76. The quantitative estimate of drug-likeness (QED) is 0.833. The zero-order valence-electron chi connectivity index (χ0n) is 9.84. The van der Waals surface area contributed by atoms with Crippen LogP contribution in [0.1, 0.15) is 21.7 Å². The van der Waals surface area contributed by atoms with Crippen LogP contribution in [-0.4, -0.2) is 15.9 Å². The Morgan fingerprint density at radius 2 is 2.11 bits per heavy atom. The highest BCUT2D eigenvalue weighted by Gasteiger charge is 2.06. The van der Waals surface area contributed by atoms with Gasteiger partial charge in [-0.2, -0.15) is 0 Å². The summed E-state index contributed by atoms with van der Waals surface area (Å²) in [5.41, 5.74) is 7.55. The van der Waals surface area contributed by atoms with E-state index >= 15 is 0 Å². The molecule has 92 valence electrons. The van der Waals surface area contributed by atoms with Crippen LogP contribution in [-0.2, 0) is 13.1 Å². The van der Waals surface area contributed by atoms with E-state index < -0.39 is 0 Å². The van der Waals surface area contributed by atoms with Gasteiger partial charge in [0.2, 0.25) is 0 Å². The van der Waals surface area contributed by atoms with E-state index in [-0.39, 0.29) is 5.91 Å². The molecule has 0 fully saturated rings. The first-order valence-corrected chi connectivity index (χ1v) is 5.62. The molecule has 0 unspecified atom stereocenters. The van der Waals surface area contributed by atoms with Gasteiger partial charge in [0.15, 0.2) is 0 Å². The molecule has 5 nitrogen and oxygen atoms in total. The summed E-state index contributed by atoms with van der Waals surface area (Å²) in [6, 6.07) is 9.02. The molecule has 1 amide bonds. The van der Waals surface area contributed by atoms with Gasteiger partial charge >= 0.3 is 0 Å². The number of amides is 1. The Morgan fingerprint density at radius 1 is 1.22 bits per heavy atom. The first-order valence-electron chi connectivity index (χ1n) is 5.62. The lowest BCUT2D eigenvalue weighted by Crippen LogP contribution is -2.24. The second kappa shape index (κ2) is 5.88. The number of nitrogens with zero attached hydrogens (tertiary/aromatic N) is 2. The second-order valence-corrected chi connectivity index (χ2v) is 3.76. The maximum atomic E-state index is 11.8. The average molecular weight is 242 g/mol. The Morgan fingerprint density at radius 3 is 2.72 bits per heavy atom. The van der Waals surface area contributed by atoms with E-state index in [1.807, 2.05) is 18.2 Å². The highest BCUT2D eigenvalue weighted by atomic mass is 16.1. The van der Waals surface area contributed by atoms with Crippen molar-refractivity contribution in [3.63, 3.8) is 0 Å². The van der Waals surface area contributed by atoms with E-state index in [1.165, 1.54) is 0 Å². The molecule has 0 aliphatic rings. The van der Waals surface area contributed by atoms with Crippen molar-refractivity contribution in [3.8, 4) is 0 Å². The maximum absolute atomic E-state index is 11.8. The Bertz CT molecular complexity index is 510. The number of hydrogen-bond donors (Lipinski definition) is 2. The fourth-order valence-corrected chi connectivity index (χ4v) is 1.44. The summed E-state index contributed by atoms with van der Waals surface area (Å²) in [4.78, 5) is 20.0. The number of pyridine rings is 2. The lowest BCUT2D eigenvalue weighted by atomic mass is 10.2. The SMILES string of the molecule is NCc1ccc(C(=O)NCc2ccccn2)nc1. The second-order valence-electron chi connectivity index (χ2n) is 3.76. The molecule has 3 N–H and O–H groups in total. The minimum atomic E-state index is -0.218. The maximum Gasteiger partial charge on any atom is 0.270 e. The largest absolute Gasteiger partial charge is 0.345 e. The molecule has 0 aliphatic carbocycles. The molecule has 0 aliphatic heterocycles. The molecule has 18 heavy (non-hydrogen) atoms. The van der Waals surface area contributed by atoms with Gasteiger partial charge in [-0.3, -0.25) is 14.8 Å². The number of carbonyl (C=O) groups is 1. The molecule has 0 radical (unpaired) electrons. The van der Waals surface area contributed by atoms with Crippen LogP contribution in [0.2, 0.25) is 0 Å². The molecular weight excluding hydrogens is 228 g/mol. The van der Waals surface area contributed by atoms with Gasteiger partial charge in [0.1, 0.15) is 5.69 Å². The molecule has 0 spiro atoms. The third-order valence-corrected chi connectivity index (χ3v) is 2.45. The summed E-state index contributed by atoms with van der Waals surface area (Å²) >= 11 is 0. The van der Waals surface area contributed by atoms with Crippen molar-refractivity contribution in [1.29, 1.82) is 0 Å². The summed E-state index contributed by atoms with van der Waals surface area (Å²) < 4.78 is 0. The van der Waals surface area contributed by atoms with Crippen LogP contribution in [0.25, 0.3) is 0 Å². The Labute approximate surface area is 105 Å². The Hall–Kier alpha value is -2.27. The van der Waals surface area contributed by atoms with Gasteiger partial charge in [-0.1, -0.05) is 12.1 Å². The molecule has 2 aromatic rings. The predicted molar refractivity (Wildman–Crippen MR) is 67.5 cm³/mol. The van der Waals surface area contributed by atoms with Gasteiger partial charge in [0.25, 0.3) is 5.91 Å². The van der Waals surface area contributed by atoms with Crippen molar-refractivity contribution in [2.45, 2.75) is 13.1 Å². The highest BCUT2D eigenvalue weighted by Crippen LogP contribution is 2.00. The van der Waals surface area contributed by atoms with Crippen molar-refractivity contribution in [2.75, 3.05) is 0 Å².